The molecule has 2 amide bonds. The van der Waals surface area contributed by atoms with Crippen LogP contribution in [0, 0.1) is 0 Å². The lowest BCUT2D eigenvalue weighted by molar-refractivity contribution is -0.118. The molecule has 2 N–H and O–H groups in total. The van der Waals surface area contributed by atoms with Crippen LogP contribution in [0.2, 0.25) is 5.02 Å². The zero-order valence-corrected chi connectivity index (χ0v) is 18.6. The number of carbonyl (C=O) groups is 2. The highest BCUT2D eigenvalue weighted by Gasteiger charge is 2.11. The van der Waals surface area contributed by atoms with Gasteiger partial charge < -0.3 is 20.1 Å². The zero-order valence-electron chi connectivity index (χ0n) is 17.8. The lowest BCUT2D eigenvalue weighted by Gasteiger charge is -2.11. The second-order valence-corrected chi connectivity index (χ2v) is 7.57. The third-order valence-electron chi connectivity index (χ3n) is 4.98. The van der Waals surface area contributed by atoms with Crippen LogP contribution in [-0.2, 0) is 4.79 Å². The molecule has 6 nitrogen and oxygen atoms in total. The molecule has 0 saturated heterocycles. The van der Waals surface area contributed by atoms with Crippen molar-refractivity contribution in [2.24, 2.45) is 0 Å². The number of hydrogen-bond acceptors (Lipinski definition) is 4. The fourth-order valence-corrected chi connectivity index (χ4v) is 3.58. The summed E-state index contributed by atoms with van der Waals surface area (Å²) in [4.78, 5) is 24.9. The molecule has 4 aromatic carbocycles. The zero-order chi connectivity index (χ0) is 23.2. The van der Waals surface area contributed by atoms with E-state index < -0.39 is 0 Å². The van der Waals surface area contributed by atoms with Gasteiger partial charge in [0.1, 0.15) is 11.5 Å². The molecule has 166 valence electrons. The Morgan fingerprint density at radius 3 is 2.24 bits per heavy atom. The number of anilines is 2. The highest BCUT2D eigenvalue weighted by atomic mass is 35.5. The first-order valence-electron chi connectivity index (χ1n) is 10.2. The van der Waals surface area contributed by atoms with Gasteiger partial charge in [0.15, 0.2) is 6.61 Å². The normalized spacial score (nSPS) is 10.5. The second-order valence-electron chi connectivity index (χ2n) is 7.16. The van der Waals surface area contributed by atoms with Gasteiger partial charge in [0.05, 0.1) is 12.8 Å². The molecule has 0 radical (unpaired) electrons. The predicted molar refractivity (Wildman–Crippen MR) is 130 cm³/mol. The Morgan fingerprint density at radius 1 is 0.788 bits per heavy atom. The van der Waals surface area contributed by atoms with E-state index in [0.717, 1.165) is 10.8 Å². The van der Waals surface area contributed by atoms with Crippen LogP contribution in [0.3, 0.4) is 0 Å². The van der Waals surface area contributed by atoms with E-state index >= 15 is 0 Å². The summed E-state index contributed by atoms with van der Waals surface area (Å²) >= 11 is 6.22. The van der Waals surface area contributed by atoms with E-state index in [2.05, 4.69) is 10.6 Å². The van der Waals surface area contributed by atoms with Crippen molar-refractivity contribution >= 4 is 45.6 Å². The number of nitrogens with one attached hydrogen (secondary N) is 2. The number of halogens is 1. The molecule has 0 saturated carbocycles. The molecule has 0 heterocycles. The summed E-state index contributed by atoms with van der Waals surface area (Å²) in [5.41, 5.74) is 1.58. The molecule has 4 rings (SSSR count). The van der Waals surface area contributed by atoms with Gasteiger partial charge in [-0.25, -0.2) is 0 Å². The molecule has 0 spiro atoms. The van der Waals surface area contributed by atoms with Crippen LogP contribution in [0.15, 0.2) is 84.9 Å². The number of fused-ring (bicyclic) bond motifs is 1. The summed E-state index contributed by atoms with van der Waals surface area (Å²) in [6, 6.07) is 24.8. The summed E-state index contributed by atoms with van der Waals surface area (Å²) in [6.45, 7) is -0.165. The van der Waals surface area contributed by atoms with Crippen LogP contribution in [0.5, 0.6) is 11.5 Å². The number of methoxy groups -OCH3 is 1. The van der Waals surface area contributed by atoms with Crippen LogP contribution in [0.25, 0.3) is 10.8 Å². The molecule has 4 aromatic rings. The van der Waals surface area contributed by atoms with Gasteiger partial charge in [0.2, 0.25) is 0 Å². The molecule has 33 heavy (non-hydrogen) atoms. The number of hydrogen-bond donors (Lipinski definition) is 2. The van der Waals surface area contributed by atoms with E-state index in [-0.39, 0.29) is 18.4 Å². The standard InChI is InChI=1S/C26H21ClN2O4/c1-32-24-9-5-4-8-22(24)29-26(31)17-10-12-18(13-11-17)28-25(30)16-33-23-15-14-21(27)19-6-2-3-7-20(19)23/h2-15H,16H2,1H3,(H,28,30)(H,29,31). The predicted octanol–water partition coefficient (Wildman–Crippen LogP) is 5.77. The van der Waals surface area contributed by atoms with Gasteiger partial charge in [0, 0.05) is 27.0 Å². The monoisotopic (exact) mass is 460 g/mol. The minimum absolute atomic E-state index is 0.165. The molecular formula is C26H21ClN2O4. The molecule has 0 aliphatic carbocycles. The van der Waals surface area contributed by atoms with Crippen LogP contribution >= 0.6 is 11.6 Å². The number of para-hydroxylation sites is 2. The smallest absolute Gasteiger partial charge is 0.262 e. The van der Waals surface area contributed by atoms with Crippen molar-refractivity contribution in [1.29, 1.82) is 0 Å². The van der Waals surface area contributed by atoms with Crippen molar-refractivity contribution in [3.8, 4) is 11.5 Å². The van der Waals surface area contributed by atoms with Crippen molar-refractivity contribution < 1.29 is 19.1 Å². The Morgan fingerprint density at radius 2 is 1.48 bits per heavy atom. The van der Waals surface area contributed by atoms with Gasteiger partial charge in [-0.2, -0.15) is 0 Å². The molecule has 0 fully saturated rings. The highest BCUT2D eigenvalue weighted by molar-refractivity contribution is 6.35. The summed E-state index contributed by atoms with van der Waals surface area (Å²) in [7, 11) is 1.54. The summed E-state index contributed by atoms with van der Waals surface area (Å²) < 4.78 is 11.0. The summed E-state index contributed by atoms with van der Waals surface area (Å²) in [5.74, 6) is 0.548. The van der Waals surface area contributed by atoms with Gasteiger partial charge in [-0.3, -0.25) is 9.59 Å². The Labute approximate surface area is 196 Å². The average molecular weight is 461 g/mol. The summed E-state index contributed by atoms with van der Waals surface area (Å²) in [6.07, 6.45) is 0. The van der Waals surface area contributed by atoms with E-state index in [9.17, 15) is 9.59 Å². The lowest BCUT2D eigenvalue weighted by Crippen LogP contribution is -2.20. The quantitative estimate of drug-likeness (QED) is 0.367. The van der Waals surface area contributed by atoms with Crippen LogP contribution < -0.4 is 20.1 Å². The van der Waals surface area contributed by atoms with Crippen LogP contribution in [0.1, 0.15) is 10.4 Å². The van der Waals surface area contributed by atoms with E-state index in [1.54, 1.807) is 55.6 Å². The third-order valence-corrected chi connectivity index (χ3v) is 5.31. The fourth-order valence-electron chi connectivity index (χ4n) is 3.35. The third kappa shape index (κ3) is 5.25. The average Bonchev–Trinajstić information content (AvgIpc) is 2.84. The van der Waals surface area contributed by atoms with Gasteiger partial charge in [0.25, 0.3) is 11.8 Å². The summed E-state index contributed by atoms with van der Waals surface area (Å²) in [5, 5.41) is 7.90. The lowest BCUT2D eigenvalue weighted by atomic mass is 10.1. The van der Waals surface area contributed by atoms with E-state index in [1.807, 2.05) is 36.4 Å². The largest absolute Gasteiger partial charge is 0.495 e. The maximum Gasteiger partial charge on any atom is 0.262 e. The SMILES string of the molecule is COc1ccccc1NC(=O)c1ccc(NC(=O)COc2ccc(Cl)c3ccccc23)cc1. The van der Waals surface area contributed by atoms with Gasteiger partial charge in [-0.15, -0.1) is 0 Å². The maximum atomic E-state index is 12.5. The maximum absolute atomic E-state index is 12.5. The molecule has 0 aliphatic heterocycles. The Balaban J connectivity index is 1.36. The van der Waals surface area contributed by atoms with Crippen molar-refractivity contribution in [2.45, 2.75) is 0 Å². The molecule has 0 unspecified atom stereocenters. The van der Waals surface area contributed by atoms with Crippen LogP contribution in [-0.4, -0.2) is 25.5 Å². The molecule has 7 heteroatoms. The number of carbonyl (C=O) groups excluding carboxylic acids is 2. The Kier molecular flexibility index (Phi) is 6.76. The number of amides is 2. The second kappa shape index (κ2) is 10.1. The van der Waals surface area contributed by atoms with Gasteiger partial charge in [-0.05, 0) is 48.5 Å². The van der Waals surface area contributed by atoms with Crippen LogP contribution in [0.4, 0.5) is 11.4 Å². The first-order chi connectivity index (χ1) is 16.0. The van der Waals surface area contributed by atoms with Gasteiger partial charge in [-0.1, -0.05) is 48.0 Å². The first kappa shape index (κ1) is 22.2. The van der Waals surface area contributed by atoms with Crippen molar-refractivity contribution in [3.63, 3.8) is 0 Å². The van der Waals surface area contributed by atoms with E-state index in [1.165, 1.54) is 0 Å². The molecule has 0 aliphatic rings. The Bertz CT molecular complexity index is 1310. The minimum atomic E-state index is -0.319. The first-order valence-corrected chi connectivity index (χ1v) is 10.6. The van der Waals surface area contributed by atoms with Crippen molar-refractivity contribution in [2.75, 3.05) is 24.4 Å². The topological polar surface area (TPSA) is 76.7 Å². The number of rotatable bonds is 7. The van der Waals surface area contributed by atoms with E-state index in [4.69, 9.17) is 21.1 Å². The highest BCUT2D eigenvalue weighted by Crippen LogP contribution is 2.31. The molecule has 0 atom stereocenters. The number of ether oxygens (including phenoxy) is 2. The Hall–Kier alpha value is -4.03. The van der Waals surface area contributed by atoms with Gasteiger partial charge >= 0.3 is 0 Å². The van der Waals surface area contributed by atoms with Crippen molar-refractivity contribution in [1.82, 2.24) is 0 Å². The van der Waals surface area contributed by atoms with Crippen molar-refractivity contribution in [3.05, 3.63) is 95.5 Å². The minimum Gasteiger partial charge on any atom is -0.495 e. The molecule has 0 aromatic heterocycles. The fraction of sp³-hybridized carbons (Fsp3) is 0.0769. The molecule has 0 bridgehead atoms. The molecular weight excluding hydrogens is 440 g/mol. The van der Waals surface area contributed by atoms with E-state index in [0.29, 0.717) is 33.5 Å². The number of benzene rings is 4.